The normalized spacial score (nSPS) is 18.1. The summed E-state index contributed by atoms with van der Waals surface area (Å²) >= 11 is 0. The minimum absolute atomic E-state index is 0.0975. The van der Waals surface area contributed by atoms with Gasteiger partial charge in [-0.1, -0.05) is 19.3 Å². The third-order valence-corrected chi connectivity index (χ3v) is 5.57. The minimum atomic E-state index is -0.0975. The van der Waals surface area contributed by atoms with Gasteiger partial charge in [0.2, 0.25) is 0 Å². The van der Waals surface area contributed by atoms with E-state index in [1.165, 1.54) is 19.3 Å². The maximum Gasteiger partial charge on any atom is 0.323 e. The van der Waals surface area contributed by atoms with Crippen LogP contribution in [0.4, 0.5) is 16.3 Å². The van der Waals surface area contributed by atoms with Gasteiger partial charge in [0, 0.05) is 24.7 Å². The quantitative estimate of drug-likeness (QED) is 0.847. The number of urea groups is 1. The van der Waals surface area contributed by atoms with Gasteiger partial charge < -0.3 is 19.0 Å². The molecule has 2 aromatic heterocycles. The molecule has 2 aliphatic rings. The zero-order chi connectivity index (χ0) is 19.2. The van der Waals surface area contributed by atoms with Crippen LogP contribution in [0.2, 0.25) is 0 Å². The molecule has 2 amide bonds. The van der Waals surface area contributed by atoms with Crippen LogP contribution in [0.15, 0.2) is 41.3 Å². The van der Waals surface area contributed by atoms with Crippen molar-refractivity contribution in [3.8, 4) is 0 Å². The maximum absolute atomic E-state index is 13.0. The van der Waals surface area contributed by atoms with Gasteiger partial charge in [-0.2, -0.15) is 0 Å². The van der Waals surface area contributed by atoms with Crippen molar-refractivity contribution >= 4 is 17.5 Å². The number of morpholine rings is 1. The summed E-state index contributed by atoms with van der Waals surface area (Å²) in [5, 5.41) is 2.98. The molecule has 3 heterocycles. The lowest BCUT2D eigenvalue weighted by molar-refractivity contribution is 0.122. The van der Waals surface area contributed by atoms with Crippen molar-refractivity contribution in [3.63, 3.8) is 0 Å². The van der Waals surface area contributed by atoms with Gasteiger partial charge in [-0.15, -0.1) is 0 Å². The molecule has 2 fully saturated rings. The van der Waals surface area contributed by atoms with E-state index in [9.17, 15) is 4.79 Å². The van der Waals surface area contributed by atoms with E-state index >= 15 is 0 Å². The summed E-state index contributed by atoms with van der Waals surface area (Å²) in [5.41, 5.74) is 2.07. The summed E-state index contributed by atoms with van der Waals surface area (Å²) in [4.78, 5) is 21.7. The molecule has 1 saturated carbocycles. The SMILES string of the molecule is O=C(Nc1ccc(N2CCOCC2)cn1)N(Cc1ccoc1)C1CCCCC1. The lowest BCUT2D eigenvalue weighted by Gasteiger charge is -2.34. The van der Waals surface area contributed by atoms with E-state index in [4.69, 9.17) is 9.15 Å². The molecular weight excluding hydrogens is 356 g/mol. The number of hydrogen-bond acceptors (Lipinski definition) is 5. The summed E-state index contributed by atoms with van der Waals surface area (Å²) in [6.07, 6.45) is 10.9. The molecule has 0 unspecified atom stereocenters. The first-order valence-electron chi connectivity index (χ1n) is 10.2. The number of anilines is 2. The Bertz CT molecular complexity index is 736. The number of ether oxygens (including phenoxy) is 1. The Balaban J connectivity index is 1.42. The van der Waals surface area contributed by atoms with Crippen LogP contribution in [-0.4, -0.2) is 48.3 Å². The first kappa shape index (κ1) is 18.8. The van der Waals surface area contributed by atoms with E-state index in [0.717, 1.165) is 50.4 Å². The van der Waals surface area contributed by atoms with Crippen LogP contribution >= 0.6 is 0 Å². The number of aromatic nitrogens is 1. The first-order chi connectivity index (χ1) is 13.8. The Morgan fingerprint density at radius 3 is 2.68 bits per heavy atom. The standard InChI is InChI=1S/C21H28N4O3/c26-21(23-20-7-6-19(14-22-20)24-9-12-27-13-10-24)25(15-17-8-11-28-16-17)18-4-2-1-3-5-18/h6-8,11,14,16,18H,1-5,9-10,12-13,15H2,(H,22,23,26). The first-order valence-corrected chi connectivity index (χ1v) is 10.2. The van der Waals surface area contributed by atoms with Crippen LogP contribution in [0.1, 0.15) is 37.7 Å². The molecule has 150 valence electrons. The number of furan rings is 1. The van der Waals surface area contributed by atoms with Crippen molar-refractivity contribution in [2.45, 2.75) is 44.7 Å². The van der Waals surface area contributed by atoms with Gasteiger partial charge in [0.1, 0.15) is 5.82 Å². The van der Waals surface area contributed by atoms with Crippen LogP contribution in [-0.2, 0) is 11.3 Å². The fraction of sp³-hybridized carbons (Fsp3) is 0.524. The smallest absolute Gasteiger partial charge is 0.323 e. The second-order valence-corrected chi connectivity index (χ2v) is 7.48. The summed E-state index contributed by atoms with van der Waals surface area (Å²) in [5.74, 6) is 0.579. The Hall–Kier alpha value is -2.54. The average Bonchev–Trinajstić information content (AvgIpc) is 3.27. The third kappa shape index (κ3) is 4.65. The number of carbonyl (C=O) groups excluding carboxylic acids is 1. The predicted octanol–water partition coefficient (Wildman–Crippen LogP) is 3.88. The molecule has 4 rings (SSSR count). The Labute approximate surface area is 165 Å². The molecule has 1 N–H and O–H groups in total. The molecule has 1 aliphatic carbocycles. The molecule has 0 bridgehead atoms. The number of carbonyl (C=O) groups is 1. The number of nitrogens with one attached hydrogen (secondary N) is 1. The molecule has 1 aliphatic heterocycles. The highest BCUT2D eigenvalue weighted by atomic mass is 16.5. The molecule has 1 saturated heterocycles. The second-order valence-electron chi connectivity index (χ2n) is 7.48. The van der Waals surface area contributed by atoms with Crippen LogP contribution in [0.3, 0.4) is 0 Å². The average molecular weight is 384 g/mol. The molecule has 0 spiro atoms. The molecule has 0 atom stereocenters. The van der Waals surface area contributed by atoms with Crippen molar-refractivity contribution < 1.29 is 13.9 Å². The van der Waals surface area contributed by atoms with E-state index in [1.807, 2.05) is 29.3 Å². The second kappa shape index (κ2) is 9.10. The molecular formula is C21H28N4O3. The van der Waals surface area contributed by atoms with Crippen LogP contribution < -0.4 is 10.2 Å². The van der Waals surface area contributed by atoms with Crippen molar-refractivity contribution in [3.05, 3.63) is 42.5 Å². The molecule has 7 nitrogen and oxygen atoms in total. The molecule has 0 radical (unpaired) electrons. The number of rotatable bonds is 5. The molecule has 7 heteroatoms. The van der Waals surface area contributed by atoms with Crippen molar-refractivity contribution in [2.75, 3.05) is 36.5 Å². The highest BCUT2D eigenvalue weighted by Gasteiger charge is 2.26. The van der Waals surface area contributed by atoms with Crippen LogP contribution in [0.25, 0.3) is 0 Å². The Morgan fingerprint density at radius 1 is 1.18 bits per heavy atom. The van der Waals surface area contributed by atoms with Gasteiger partial charge in [0.25, 0.3) is 0 Å². The summed E-state index contributed by atoms with van der Waals surface area (Å²) in [6, 6.07) is 5.96. The van der Waals surface area contributed by atoms with Crippen LogP contribution in [0.5, 0.6) is 0 Å². The van der Waals surface area contributed by atoms with Gasteiger partial charge in [-0.3, -0.25) is 5.32 Å². The zero-order valence-electron chi connectivity index (χ0n) is 16.2. The van der Waals surface area contributed by atoms with E-state index in [-0.39, 0.29) is 12.1 Å². The monoisotopic (exact) mass is 384 g/mol. The third-order valence-electron chi connectivity index (χ3n) is 5.57. The highest BCUT2D eigenvalue weighted by Crippen LogP contribution is 2.25. The largest absolute Gasteiger partial charge is 0.472 e. The lowest BCUT2D eigenvalue weighted by atomic mass is 9.94. The van der Waals surface area contributed by atoms with Crippen molar-refractivity contribution in [1.29, 1.82) is 0 Å². The van der Waals surface area contributed by atoms with E-state index in [1.54, 1.807) is 12.5 Å². The fourth-order valence-electron chi connectivity index (χ4n) is 3.99. The molecule has 0 aromatic carbocycles. The zero-order valence-corrected chi connectivity index (χ0v) is 16.2. The van der Waals surface area contributed by atoms with Gasteiger partial charge in [-0.25, -0.2) is 9.78 Å². The number of amides is 2. The highest BCUT2D eigenvalue weighted by molar-refractivity contribution is 5.88. The predicted molar refractivity (Wildman–Crippen MR) is 107 cm³/mol. The van der Waals surface area contributed by atoms with Crippen LogP contribution in [0, 0.1) is 0 Å². The molecule has 2 aromatic rings. The van der Waals surface area contributed by atoms with Gasteiger partial charge in [0.15, 0.2) is 0 Å². The van der Waals surface area contributed by atoms with E-state index in [0.29, 0.717) is 12.4 Å². The summed E-state index contributed by atoms with van der Waals surface area (Å²) in [6.45, 7) is 3.77. The van der Waals surface area contributed by atoms with Crippen molar-refractivity contribution in [1.82, 2.24) is 9.88 Å². The number of pyridine rings is 1. The summed E-state index contributed by atoms with van der Waals surface area (Å²) < 4.78 is 10.6. The lowest BCUT2D eigenvalue weighted by Crippen LogP contribution is -2.43. The number of hydrogen-bond donors (Lipinski definition) is 1. The van der Waals surface area contributed by atoms with Crippen molar-refractivity contribution in [2.24, 2.45) is 0 Å². The van der Waals surface area contributed by atoms with Gasteiger partial charge >= 0.3 is 6.03 Å². The van der Waals surface area contributed by atoms with E-state index in [2.05, 4.69) is 15.2 Å². The van der Waals surface area contributed by atoms with Gasteiger partial charge in [0.05, 0.1) is 44.2 Å². The minimum Gasteiger partial charge on any atom is -0.472 e. The summed E-state index contributed by atoms with van der Waals surface area (Å²) in [7, 11) is 0. The maximum atomic E-state index is 13.0. The molecule has 28 heavy (non-hydrogen) atoms. The topological polar surface area (TPSA) is 70.8 Å². The Morgan fingerprint density at radius 2 is 2.00 bits per heavy atom. The number of nitrogens with zero attached hydrogens (tertiary/aromatic N) is 3. The fourth-order valence-corrected chi connectivity index (χ4v) is 3.99. The van der Waals surface area contributed by atoms with E-state index < -0.39 is 0 Å². The Kier molecular flexibility index (Phi) is 6.11. The van der Waals surface area contributed by atoms with Gasteiger partial charge in [-0.05, 0) is 31.0 Å².